The van der Waals surface area contributed by atoms with Gasteiger partial charge in [-0.3, -0.25) is 4.98 Å². The van der Waals surface area contributed by atoms with Gasteiger partial charge in [0.1, 0.15) is 5.01 Å². The number of allylic oxidation sites excluding steroid dienone is 1. The summed E-state index contributed by atoms with van der Waals surface area (Å²) in [5, 5.41) is 6.45. The van der Waals surface area contributed by atoms with Crippen molar-refractivity contribution in [1.82, 2.24) is 15.3 Å². The maximum absolute atomic E-state index is 4.57. The second-order valence-electron chi connectivity index (χ2n) is 3.89. The third kappa shape index (κ3) is 3.75. The number of rotatable bonds is 6. The minimum Gasteiger partial charge on any atom is -0.311 e. The summed E-state index contributed by atoms with van der Waals surface area (Å²) in [5.74, 6) is 0. The zero-order valence-corrected chi connectivity index (χ0v) is 11.3. The quantitative estimate of drug-likeness (QED) is 0.639. The van der Waals surface area contributed by atoms with Gasteiger partial charge in [0, 0.05) is 18.1 Å². The Morgan fingerprint density at radius 2 is 2.33 bits per heavy atom. The molecular formula is C14H17N3S. The average molecular weight is 259 g/mol. The third-order valence-electron chi connectivity index (χ3n) is 2.47. The Hall–Kier alpha value is -1.52. The van der Waals surface area contributed by atoms with E-state index in [1.165, 1.54) is 0 Å². The smallest absolute Gasteiger partial charge is 0.142 e. The molecule has 4 heteroatoms. The summed E-state index contributed by atoms with van der Waals surface area (Å²) in [4.78, 5) is 8.88. The molecule has 94 valence electrons. The van der Waals surface area contributed by atoms with Crippen molar-refractivity contribution in [1.29, 1.82) is 0 Å². The lowest BCUT2D eigenvalue weighted by atomic mass is 10.3. The van der Waals surface area contributed by atoms with Gasteiger partial charge in [-0.25, -0.2) is 4.98 Å². The molecule has 18 heavy (non-hydrogen) atoms. The highest BCUT2D eigenvalue weighted by molar-refractivity contribution is 7.13. The van der Waals surface area contributed by atoms with Gasteiger partial charge in [0.2, 0.25) is 0 Å². The molecule has 0 unspecified atom stereocenters. The van der Waals surface area contributed by atoms with Crippen LogP contribution in [0.1, 0.15) is 19.0 Å². The van der Waals surface area contributed by atoms with E-state index >= 15 is 0 Å². The molecule has 0 spiro atoms. The van der Waals surface area contributed by atoms with Gasteiger partial charge >= 0.3 is 0 Å². The Balaban J connectivity index is 1.87. The second-order valence-corrected chi connectivity index (χ2v) is 4.75. The first-order chi connectivity index (χ1) is 8.90. The standard InChI is InChI=1S/C14H17N3S/c1-2-3-5-8-15-10-12-11-18-14(17-12)13-7-4-6-9-16-13/h2-4,6-7,9,11,15H,5,8,10H2,1H3/b3-2+. The molecule has 1 N–H and O–H groups in total. The molecule has 0 atom stereocenters. The molecule has 0 aliphatic heterocycles. The summed E-state index contributed by atoms with van der Waals surface area (Å²) >= 11 is 1.64. The summed E-state index contributed by atoms with van der Waals surface area (Å²) in [6.07, 6.45) is 7.09. The molecule has 2 aromatic heterocycles. The lowest BCUT2D eigenvalue weighted by Crippen LogP contribution is -2.14. The highest BCUT2D eigenvalue weighted by Crippen LogP contribution is 2.20. The fraction of sp³-hybridized carbons (Fsp3) is 0.286. The van der Waals surface area contributed by atoms with Crippen LogP contribution in [0.25, 0.3) is 10.7 Å². The summed E-state index contributed by atoms with van der Waals surface area (Å²) in [7, 11) is 0. The van der Waals surface area contributed by atoms with Crippen LogP contribution < -0.4 is 5.32 Å². The Morgan fingerprint density at radius 1 is 1.39 bits per heavy atom. The normalized spacial score (nSPS) is 11.2. The Bertz CT molecular complexity index is 491. The predicted molar refractivity (Wildman–Crippen MR) is 76.5 cm³/mol. The summed E-state index contributed by atoms with van der Waals surface area (Å²) in [6, 6.07) is 5.89. The van der Waals surface area contributed by atoms with Crippen molar-refractivity contribution in [3.8, 4) is 10.7 Å². The van der Waals surface area contributed by atoms with Crippen molar-refractivity contribution in [2.45, 2.75) is 19.9 Å². The molecule has 3 nitrogen and oxygen atoms in total. The molecule has 0 saturated heterocycles. The van der Waals surface area contributed by atoms with Gasteiger partial charge in [0.05, 0.1) is 11.4 Å². The van der Waals surface area contributed by atoms with Gasteiger partial charge < -0.3 is 5.32 Å². The van der Waals surface area contributed by atoms with E-state index in [4.69, 9.17) is 0 Å². The minimum atomic E-state index is 0.820. The monoisotopic (exact) mass is 259 g/mol. The van der Waals surface area contributed by atoms with Crippen LogP contribution in [0, 0.1) is 0 Å². The van der Waals surface area contributed by atoms with E-state index in [9.17, 15) is 0 Å². The van der Waals surface area contributed by atoms with Crippen LogP contribution in [0.15, 0.2) is 41.9 Å². The first-order valence-electron chi connectivity index (χ1n) is 6.08. The Morgan fingerprint density at radius 3 is 3.11 bits per heavy atom. The summed E-state index contributed by atoms with van der Waals surface area (Å²) in [5.41, 5.74) is 2.03. The lowest BCUT2D eigenvalue weighted by molar-refractivity contribution is 0.685. The van der Waals surface area contributed by atoms with E-state index in [1.807, 2.05) is 25.1 Å². The first kappa shape index (κ1) is 12.9. The van der Waals surface area contributed by atoms with Crippen molar-refractivity contribution in [2.75, 3.05) is 6.54 Å². The van der Waals surface area contributed by atoms with Crippen LogP contribution in [0.2, 0.25) is 0 Å². The molecule has 0 bridgehead atoms. The molecule has 0 amide bonds. The molecular weight excluding hydrogens is 242 g/mol. The highest BCUT2D eigenvalue weighted by atomic mass is 32.1. The van der Waals surface area contributed by atoms with E-state index in [-0.39, 0.29) is 0 Å². The summed E-state index contributed by atoms with van der Waals surface area (Å²) in [6.45, 7) is 3.85. The lowest BCUT2D eigenvalue weighted by Gasteiger charge is -1.99. The Labute approximate surface area is 112 Å². The maximum atomic E-state index is 4.57. The van der Waals surface area contributed by atoms with Crippen molar-refractivity contribution in [3.63, 3.8) is 0 Å². The van der Waals surface area contributed by atoms with E-state index in [0.717, 1.165) is 35.9 Å². The van der Waals surface area contributed by atoms with Gasteiger partial charge in [-0.1, -0.05) is 18.2 Å². The fourth-order valence-electron chi connectivity index (χ4n) is 1.56. The number of aromatic nitrogens is 2. The molecule has 0 fully saturated rings. The number of thiazole rings is 1. The molecule has 0 aliphatic rings. The van der Waals surface area contributed by atoms with Gasteiger partial charge in [-0.05, 0) is 32.0 Å². The summed E-state index contributed by atoms with van der Waals surface area (Å²) < 4.78 is 0. The molecule has 2 heterocycles. The zero-order valence-electron chi connectivity index (χ0n) is 10.5. The van der Waals surface area contributed by atoms with Gasteiger partial charge in [-0.15, -0.1) is 11.3 Å². The number of nitrogens with zero attached hydrogens (tertiary/aromatic N) is 2. The minimum absolute atomic E-state index is 0.820. The van der Waals surface area contributed by atoms with Crippen molar-refractivity contribution in [2.24, 2.45) is 0 Å². The molecule has 0 saturated carbocycles. The molecule has 0 aromatic carbocycles. The van der Waals surface area contributed by atoms with Gasteiger partial charge in [0.15, 0.2) is 0 Å². The van der Waals surface area contributed by atoms with Crippen LogP contribution in [0.4, 0.5) is 0 Å². The van der Waals surface area contributed by atoms with Gasteiger partial charge in [-0.2, -0.15) is 0 Å². The molecule has 2 rings (SSSR count). The zero-order chi connectivity index (χ0) is 12.6. The SMILES string of the molecule is C/C=C/CCNCc1csc(-c2ccccn2)n1. The van der Waals surface area contributed by atoms with Crippen LogP contribution in [-0.2, 0) is 6.54 Å². The van der Waals surface area contributed by atoms with Crippen LogP contribution in [0.3, 0.4) is 0 Å². The largest absolute Gasteiger partial charge is 0.311 e. The number of pyridine rings is 1. The first-order valence-corrected chi connectivity index (χ1v) is 6.96. The van der Waals surface area contributed by atoms with Crippen LogP contribution in [-0.4, -0.2) is 16.5 Å². The topological polar surface area (TPSA) is 37.8 Å². The van der Waals surface area contributed by atoms with Crippen molar-refractivity contribution in [3.05, 3.63) is 47.6 Å². The number of nitrogens with one attached hydrogen (secondary N) is 1. The second kappa shape index (κ2) is 7.03. The average Bonchev–Trinajstić information content (AvgIpc) is 2.88. The molecule has 2 aromatic rings. The van der Waals surface area contributed by atoms with Crippen molar-refractivity contribution < 1.29 is 0 Å². The van der Waals surface area contributed by atoms with Gasteiger partial charge in [0.25, 0.3) is 0 Å². The van der Waals surface area contributed by atoms with Crippen LogP contribution in [0.5, 0.6) is 0 Å². The maximum Gasteiger partial charge on any atom is 0.142 e. The van der Waals surface area contributed by atoms with E-state index in [2.05, 4.69) is 32.8 Å². The van der Waals surface area contributed by atoms with E-state index in [1.54, 1.807) is 17.5 Å². The van der Waals surface area contributed by atoms with E-state index in [0.29, 0.717) is 0 Å². The fourth-order valence-corrected chi connectivity index (χ4v) is 2.36. The predicted octanol–water partition coefficient (Wildman–Crippen LogP) is 3.26. The molecule has 0 radical (unpaired) electrons. The Kier molecular flexibility index (Phi) is 5.05. The number of hydrogen-bond donors (Lipinski definition) is 1. The number of hydrogen-bond acceptors (Lipinski definition) is 4. The van der Waals surface area contributed by atoms with Crippen LogP contribution >= 0.6 is 11.3 Å². The van der Waals surface area contributed by atoms with Crippen molar-refractivity contribution >= 4 is 11.3 Å². The molecule has 0 aliphatic carbocycles. The highest BCUT2D eigenvalue weighted by Gasteiger charge is 2.04. The van der Waals surface area contributed by atoms with E-state index < -0.39 is 0 Å². The third-order valence-corrected chi connectivity index (χ3v) is 3.38.